The number of hydrogen-bond acceptors (Lipinski definition) is 4. The van der Waals surface area contributed by atoms with E-state index in [1.54, 1.807) is 11.1 Å². The Morgan fingerprint density at radius 3 is 2.60 bits per heavy atom. The predicted molar refractivity (Wildman–Crippen MR) is 116 cm³/mol. The summed E-state index contributed by atoms with van der Waals surface area (Å²) >= 11 is 0. The molecule has 6 heteroatoms. The first-order valence-corrected chi connectivity index (χ1v) is 10.4. The number of hydrogen-bond donors (Lipinski definition) is 1. The summed E-state index contributed by atoms with van der Waals surface area (Å²) in [5.41, 5.74) is 2.89. The van der Waals surface area contributed by atoms with Crippen LogP contribution in [0.15, 0.2) is 60.8 Å². The highest BCUT2D eigenvalue weighted by atomic mass is 16.5. The molecular weight excluding hydrogens is 378 g/mol. The Labute approximate surface area is 176 Å². The summed E-state index contributed by atoms with van der Waals surface area (Å²) in [6.45, 7) is 1.41. The highest BCUT2D eigenvalue weighted by Crippen LogP contribution is 2.24. The van der Waals surface area contributed by atoms with Crippen LogP contribution >= 0.6 is 0 Å². The van der Waals surface area contributed by atoms with E-state index in [4.69, 9.17) is 4.74 Å². The Hall–Kier alpha value is -3.12. The Bertz CT molecular complexity index is 1010. The van der Waals surface area contributed by atoms with E-state index in [0.717, 1.165) is 43.3 Å². The van der Waals surface area contributed by atoms with Gasteiger partial charge in [-0.05, 0) is 55.0 Å². The highest BCUT2D eigenvalue weighted by Gasteiger charge is 2.29. The van der Waals surface area contributed by atoms with Gasteiger partial charge >= 0.3 is 5.97 Å². The van der Waals surface area contributed by atoms with Crippen molar-refractivity contribution >= 4 is 22.8 Å². The smallest absolute Gasteiger partial charge is 0.327 e. The van der Waals surface area contributed by atoms with Gasteiger partial charge in [0, 0.05) is 35.8 Å². The van der Waals surface area contributed by atoms with Gasteiger partial charge in [-0.25, -0.2) is 5.01 Å². The number of piperidine rings is 1. The molecule has 1 aliphatic rings. The first-order valence-electron chi connectivity index (χ1n) is 10.4. The number of aromatic amines is 1. The third kappa shape index (κ3) is 4.54. The van der Waals surface area contributed by atoms with Crippen LogP contribution in [-0.2, 0) is 16.0 Å². The van der Waals surface area contributed by atoms with E-state index in [1.807, 2.05) is 35.5 Å². The minimum Gasteiger partial charge on any atom is -0.468 e. The van der Waals surface area contributed by atoms with Crippen LogP contribution in [-0.4, -0.2) is 53.6 Å². The van der Waals surface area contributed by atoms with Crippen molar-refractivity contribution in [3.63, 3.8) is 0 Å². The van der Waals surface area contributed by atoms with Crippen molar-refractivity contribution in [1.82, 2.24) is 15.0 Å². The molecule has 0 spiro atoms. The molecule has 1 N–H and O–H groups in total. The van der Waals surface area contributed by atoms with Gasteiger partial charge < -0.3 is 9.72 Å². The molecule has 30 heavy (non-hydrogen) atoms. The van der Waals surface area contributed by atoms with Crippen molar-refractivity contribution in [3.8, 4) is 0 Å². The molecule has 1 aliphatic heterocycles. The molecule has 6 nitrogen and oxygen atoms in total. The van der Waals surface area contributed by atoms with Gasteiger partial charge in [0.25, 0.3) is 5.91 Å². The van der Waals surface area contributed by atoms with Gasteiger partial charge in [-0.15, -0.1) is 0 Å². The summed E-state index contributed by atoms with van der Waals surface area (Å²) < 4.78 is 4.85. The van der Waals surface area contributed by atoms with Crippen molar-refractivity contribution in [3.05, 3.63) is 71.9 Å². The van der Waals surface area contributed by atoms with Crippen LogP contribution in [0.4, 0.5) is 0 Å². The molecule has 1 aromatic heterocycles. The number of nitrogens with one attached hydrogen (secondary N) is 1. The van der Waals surface area contributed by atoms with Crippen LogP contribution < -0.4 is 0 Å². The van der Waals surface area contributed by atoms with E-state index in [1.165, 1.54) is 12.7 Å². The average Bonchev–Trinajstić information content (AvgIpc) is 3.26. The standard InChI is InChI=1S/C24H27N3O3/c1-30-23(28)17-27(24(29)21-7-8-22-20(16-21)9-12-25-22)26-13-10-19(11-14-26)15-18-5-3-2-4-6-18/h2-9,12,16,19,25H,10-11,13-15,17H2,1H3. The summed E-state index contributed by atoms with van der Waals surface area (Å²) in [5, 5.41) is 4.53. The van der Waals surface area contributed by atoms with E-state index in [2.05, 4.69) is 29.2 Å². The summed E-state index contributed by atoms with van der Waals surface area (Å²) in [6, 6.07) is 18.0. The van der Waals surface area contributed by atoms with E-state index >= 15 is 0 Å². The minimum atomic E-state index is -0.419. The predicted octanol–water partition coefficient (Wildman–Crippen LogP) is 3.65. The van der Waals surface area contributed by atoms with E-state index < -0.39 is 5.97 Å². The normalized spacial score (nSPS) is 15.2. The molecule has 2 aromatic carbocycles. The molecule has 3 aromatic rings. The van der Waals surface area contributed by atoms with Crippen LogP contribution in [0.2, 0.25) is 0 Å². The van der Waals surface area contributed by atoms with Gasteiger partial charge in [0.2, 0.25) is 0 Å². The SMILES string of the molecule is COC(=O)CN(C(=O)c1ccc2[nH]ccc2c1)N1CCC(Cc2ccccc2)CC1. The van der Waals surface area contributed by atoms with Crippen molar-refractivity contribution in [2.75, 3.05) is 26.7 Å². The Kier molecular flexibility index (Phi) is 6.14. The number of amides is 1. The topological polar surface area (TPSA) is 65.6 Å². The van der Waals surface area contributed by atoms with Crippen molar-refractivity contribution in [2.24, 2.45) is 5.92 Å². The molecule has 0 bridgehead atoms. The number of rotatable bonds is 6. The summed E-state index contributed by atoms with van der Waals surface area (Å²) in [5.74, 6) is -0.0163. The molecule has 0 atom stereocenters. The fraction of sp³-hybridized carbons (Fsp3) is 0.333. The third-order valence-corrected chi connectivity index (χ3v) is 5.84. The molecule has 156 valence electrons. The second-order valence-corrected chi connectivity index (χ2v) is 7.81. The fourth-order valence-electron chi connectivity index (χ4n) is 4.13. The number of carbonyl (C=O) groups is 2. The molecule has 1 saturated heterocycles. The monoisotopic (exact) mass is 405 g/mol. The summed E-state index contributed by atoms with van der Waals surface area (Å²) in [6.07, 6.45) is 4.86. The quantitative estimate of drug-likeness (QED) is 0.636. The van der Waals surface area contributed by atoms with Gasteiger partial charge in [0.15, 0.2) is 0 Å². The molecule has 0 saturated carbocycles. The van der Waals surface area contributed by atoms with Gasteiger partial charge in [0.1, 0.15) is 6.54 Å². The summed E-state index contributed by atoms with van der Waals surface area (Å²) in [4.78, 5) is 28.5. The van der Waals surface area contributed by atoms with Crippen molar-refractivity contribution in [2.45, 2.75) is 19.3 Å². The Morgan fingerprint density at radius 1 is 1.10 bits per heavy atom. The maximum absolute atomic E-state index is 13.3. The molecular formula is C24H27N3O3. The molecule has 2 heterocycles. The number of fused-ring (bicyclic) bond motifs is 1. The third-order valence-electron chi connectivity index (χ3n) is 5.84. The van der Waals surface area contributed by atoms with Crippen LogP contribution in [0, 0.1) is 5.92 Å². The number of carbonyl (C=O) groups excluding carboxylic acids is 2. The number of hydrazine groups is 1. The first kappa shape index (κ1) is 20.2. The van der Waals surface area contributed by atoms with Gasteiger partial charge in [-0.2, -0.15) is 0 Å². The summed E-state index contributed by atoms with van der Waals surface area (Å²) in [7, 11) is 1.35. The Morgan fingerprint density at radius 2 is 1.87 bits per heavy atom. The number of ether oxygens (including phenoxy) is 1. The lowest BCUT2D eigenvalue weighted by Crippen LogP contribution is -2.52. The lowest BCUT2D eigenvalue weighted by molar-refractivity contribution is -0.146. The number of esters is 1. The maximum Gasteiger partial charge on any atom is 0.327 e. The molecule has 0 unspecified atom stereocenters. The van der Waals surface area contributed by atoms with Gasteiger partial charge in [0.05, 0.1) is 7.11 Å². The highest BCUT2D eigenvalue weighted by molar-refractivity contribution is 5.99. The van der Waals surface area contributed by atoms with E-state index in [-0.39, 0.29) is 12.5 Å². The zero-order valence-corrected chi connectivity index (χ0v) is 17.2. The number of benzene rings is 2. The zero-order valence-electron chi connectivity index (χ0n) is 17.2. The van der Waals surface area contributed by atoms with E-state index in [0.29, 0.717) is 11.5 Å². The second kappa shape index (κ2) is 9.13. The van der Waals surface area contributed by atoms with Crippen LogP contribution in [0.5, 0.6) is 0 Å². The largest absolute Gasteiger partial charge is 0.468 e. The lowest BCUT2D eigenvalue weighted by atomic mass is 9.91. The molecule has 1 fully saturated rings. The van der Waals surface area contributed by atoms with E-state index in [9.17, 15) is 9.59 Å². The van der Waals surface area contributed by atoms with Crippen LogP contribution in [0.3, 0.4) is 0 Å². The fourth-order valence-corrected chi connectivity index (χ4v) is 4.13. The average molecular weight is 405 g/mol. The van der Waals surface area contributed by atoms with Crippen LogP contribution in [0.25, 0.3) is 10.9 Å². The maximum atomic E-state index is 13.3. The van der Waals surface area contributed by atoms with Crippen molar-refractivity contribution < 1.29 is 14.3 Å². The number of H-pyrrole nitrogens is 1. The Balaban J connectivity index is 1.46. The van der Waals surface area contributed by atoms with Gasteiger partial charge in [-0.1, -0.05) is 30.3 Å². The number of nitrogens with zero attached hydrogens (tertiary/aromatic N) is 2. The molecule has 1 amide bonds. The second-order valence-electron chi connectivity index (χ2n) is 7.81. The number of aromatic nitrogens is 1. The molecule has 0 aliphatic carbocycles. The van der Waals surface area contributed by atoms with Crippen molar-refractivity contribution in [1.29, 1.82) is 0 Å². The molecule has 4 rings (SSSR count). The van der Waals surface area contributed by atoms with Gasteiger partial charge in [-0.3, -0.25) is 14.6 Å². The molecule has 0 radical (unpaired) electrons. The zero-order chi connectivity index (χ0) is 20.9. The van der Waals surface area contributed by atoms with Crippen LogP contribution in [0.1, 0.15) is 28.8 Å². The number of methoxy groups -OCH3 is 1. The minimum absolute atomic E-state index is 0.0795. The lowest BCUT2D eigenvalue weighted by Gasteiger charge is -2.39. The first-order chi connectivity index (χ1) is 14.6.